The zero-order chi connectivity index (χ0) is 27.0. The molecule has 0 spiro atoms. The molecular formula is C26H28F2N8O2S. The Balaban J connectivity index is 1.21. The first kappa shape index (κ1) is 25.6. The quantitative estimate of drug-likeness (QED) is 0.372. The van der Waals surface area contributed by atoms with Crippen LogP contribution in [-0.2, 0) is 16.4 Å². The number of nitrogens with zero attached hydrogens (tertiary/aromatic N) is 6. The van der Waals surface area contributed by atoms with Gasteiger partial charge in [-0.2, -0.15) is 4.98 Å². The molecule has 5 heterocycles. The molecule has 0 saturated carbocycles. The molecule has 0 radical (unpaired) electrons. The van der Waals surface area contributed by atoms with Crippen LogP contribution in [0.5, 0.6) is 0 Å². The van der Waals surface area contributed by atoms with E-state index in [1.54, 1.807) is 34.1 Å². The van der Waals surface area contributed by atoms with Crippen molar-refractivity contribution in [2.45, 2.75) is 6.54 Å². The predicted molar refractivity (Wildman–Crippen MR) is 145 cm³/mol. The molecule has 2 fully saturated rings. The maximum Gasteiger partial charge on any atom is 0.229 e. The van der Waals surface area contributed by atoms with Crippen molar-refractivity contribution >= 4 is 38.3 Å². The number of anilines is 3. The van der Waals surface area contributed by atoms with Gasteiger partial charge in [0.05, 0.1) is 29.1 Å². The van der Waals surface area contributed by atoms with Crippen LogP contribution >= 0.6 is 0 Å². The highest BCUT2D eigenvalue weighted by Crippen LogP contribution is 2.25. The van der Waals surface area contributed by atoms with Crippen molar-refractivity contribution in [3.63, 3.8) is 0 Å². The number of hydrogen-bond donors (Lipinski definition) is 2. The molecule has 0 unspecified atom stereocenters. The smallest absolute Gasteiger partial charge is 0.229 e. The van der Waals surface area contributed by atoms with Crippen LogP contribution in [0.4, 0.5) is 26.2 Å². The fraction of sp³-hybridized carbons (Fsp3) is 0.346. The van der Waals surface area contributed by atoms with E-state index in [-0.39, 0.29) is 42.4 Å². The Kier molecular flexibility index (Phi) is 6.87. The lowest BCUT2D eigenvalue weighted by molar-refractivity contribution is 0.278. The van der Waals surface area contributed by atoms with Gasteiger partial charge in [-0.05, 0) is 30.3 Å². The second-order valence-corrected chi connectivity index (χ2v) is 12.0. The number of pyridine rings is 1. The topological polar surface area (TPSA) is 108 Å². The molecule has 3 aromatic heterocycles. The Morgan fingerprint density at radius 1 is 0.949 bits per heavy atom. The fourth-order valence-corrected chi connectivity index (χ4v) is 6.15. The molecule has 2 aliphatic heterocycles. The number of piperazine rings is 1. The van der Waals surface area contributed by atoms with Gasteiger partial charge in [0.25, 0.3) is 0 Å². The highest BCUT2D eigenvalue weighted by Gasteiger charge is 2.24. The monoisotopic (exact) mass is 554 g/mol. The predicted octanol–water partition coefficient (Wildman–Crippen LogP) is 2.48. The van der Waals surface area contributed by atoms with Crippen LogP contribution in [0.25, 0.3) is 16.7 Å². The van der Waals surface area contributed by atoms with E-state index < -0.39 is 21.5 Å². The maximum atomic E-state index is 15.1. The van der Waals surface area contributed by atoms with Crippen LogP contribution in [0.3, 0.4) is 0 Å². The van der Waals surface area contributed by atoms with Gasteiger partial charge >= 0.3 is 0 Å². The van der Waals surface area contributed by atoms with Crippen molar-refractivity contribution in [1.82, 2.24) is 29.7 Å². The molecule has 4 aromatic rings. The van der Waals surface area contributed by atoms with Gasteiger partial charge in [-0.15, -0.1) is 0 Å². The van der Waals surface area contributed by atoms with Crippen molar-refractivity contribution in [1.29, 1.82) is 0 Å². The minimum absolute atomic E-state index is 0.00385. The summed E-state index contributed by atoms with van der Waals surface area (Å²) in [5, 5.41) is 7.19. The first-order valence-electron chi connectivity index (χ1n) is 12.8. The lowest BCUT2D eigenvalue weighted by Crippen LogP contribution is -2.43. The van der Waals surface area contributed by atoms with Gasteiger partial charge in [-0.25, -0.2) is 27.2 Å². The van der Waals surface area contributed by atoms with E-state index in [2.05, 4.69) is 30.5 Å². The lowest BCUT2D eigenvalue weighted by Gasteiger charge is -2.28. The normalized spacial score (nSPS) is 17.9. The average molecular weight is 555 g/mol. The summed E-state index contributed by atoms with van der Waals surface area (Å²) in [5.74, 6) is -0.153. The number of benzene rings is 1. The molecule has 39 heavy (non-hydrogen) atoms. The summed E-state index contributed by atoms with van der Waals surface area (Å²) in [6, 6.07) is 8.18. The van der Waals surface area contributed by atoms with Crippen LogP contribution in [-0.4, -0.2) is 83.6 Å². The molecule has 2 N–H and O–H groups in total. The van der Waals surface area contributed by atoms with E-state index in [1.165, 1.54) is 12.1 Å². The Bertz CT molecular complexity index is 1570. The molecule has 2 aliphatic rings. The van der Waals surface area contributed by atoms with Crippen LogP contribution in [0.15, 0.2) is 48.9 Å². The molecule has 10 nitrogen and oxygen atoms in total. The van der Waals surface area contributed by atoms with Gasteiger partial charge in [-0.1, -0.05) is 0 Å². The SMILES string of the molecule is O=S1(=O)CCN(Cc2c(F)cc(-n3ccc4cnc(Nc5ccc(N6CCNCC6)nc5)nc43)cc2F)CC1. The number of fused-ring (bicyclic) bond motifs is 1. The lowest BCUT2D eigenvalue weighted by atomic mass is 10.1. The van der Waals surface area contributed by atoms with Gasteiger partial charge in [0, 0.05) is 69.2 Å². The first-order chi connectivity index (χ1) is 18.8. The molecular weight excluding hydrogens is 526 g/mol. The summed E-state index contributed by atoms with van der Waals surface area (Å²) in [7, 11) is -3.07. The third kappa shape index (κ3) is 5.56. The van der Waals surface area contributed by atoms with Crippen molar-refractivity contribution in [3.8, 4) is 5.69 Å². The van der Waals surface area contributed by atoms with E-state index in [4.69, 9.17) is 0 Å². The highest BCUT2D eigenvalue weighted by atomic mass is 32.2. The van der Waals surface area contributed by atoms with Gasteiger partial charge in [0.15, 0.2) is 9.84 Å². The van der Waals surface area contributed by atoms with E-state index in [0.29, 0.717) is 17.0 Å². The summed E-state index contributed by atoms with van der Waals surface area (Å²) in [4.78, 5) is 17.5. The van der Waals surface area contributed by atoms with E-state index in [9.17, 15) is 8.42 Å². The molecule has 0 atom stereocenters. The van der Waals surface area contributed by atoms with E-state index in [0.717, 1.165) is 37.7 Å². The summed E-state index contributed by atoms with van der Waals surface area (Å²) in [6.07, 6.45) is 5.07. The van der Waals surface area contributed by atoms with Crippen molar-refractivity contribution in [2.75, 3.05) is 61.0 Å². The van der Waals surface area contributed by atoms with Crippen molar-refractivity contribution in [2.24, 2.45) is 0 Å². The Hall–Kier alpha value is -3.68. The first-order valence-corrected chi connectivity index (χ1v) is 14.6. The second-order valence-electron chi connectivity index (χ2n) is 9.74. The number of halogens is 2. The van der Waals surface area contributed by atoms with Gasteiger partial charge < -0.3 is 20.1 Å². The molecule has 2 saturated heterocycles. The standard InChI is InChI=1S/C26H28F2N8O2S/c27-22-13-20(14-23(28)21(22)17-34-9-11-39(37,38)12-10-34)36-6-3-18-15-31-26(33-25(18)36)32-19-1-2-24(30-16-19)35-7-4-29-5-8-35/h1-3,6,13-16,29H,4-5,7-12,17H2,(H,31,32,33). The molecule has 0 amide bonds. The summed E-state index contributed by atoms with van der Waals surface area (Å²) < 4.78 is 55.1. The van der Waals surface area contributed by atoms with E-state index in [1.807, 2.05) is 12.1 Å². The molecule has 0 aliphatic carbocycles. The zero-order valence-corrected chi connectivity index (χ0v) is 22.0. The zero-order valence-electron chi connectivity index (χ0n) is 21.1. The van der Waals surface area contributed by atoms with Gasteiger partial charge in [0.2, 0.25) is 5.95 Å². The number of rotatable bonds is 6. The summed E-state index contributed by atoms with van der Waals surface area (Å²) in [5.41, 5.74) is 1.42. The fourth-order valence-electron chi connectivity index (χ4n) is 4.87. The Labute approximate surface area is 224 Å². The third-order valence-electron chi connectivity index (χ3n) is 7.09. The average Bonchev–Trinajstić information content (AvgIpc) is 3.36. The van der Waals surface area contributed by atoms with Crippen LogP contribution in [0.2, 0.25) is 0 Å². The molecule has 6 rings (SSSR count). The maximum absolute atomic E-state index is 15.1. The molecule has 0 bridgehead atoms. The van der Waals surface area contributed by atoms with Gasteiger partial charge in [0.1, 0.15) is 23.1 Å². The van der Waals surface area contributed by atoms with E-state index >= 15 is 8.78 Å². The highest BCUT2D eigenvalue weighted by molar-refractivity contribution is 7.91. The second kappa shape index (κ2) is 10.5. The minimum Gasteiger partial charge on any atom is -0.354 e. The number of hydrogen-bond acceptors (Lipinski definition) is 9. The summed E-state index contributed by atoms with van der Waals surface area (Å²) >= 11 is 0. The van der Waals surface area contributed by atoms with Crippen molar-refractivity contribution < 1.29 is 17.2 Å². The van der Waals surface area contributed by atoms with Gasteiger partial charge in [-0.3, -0.25) is 4.90 Å². The Morgan fingerprint density at radius 2 is 1.69 bits per heavy atom. The van der Waals surface area contributed by atoms with Crippen LogP contribution in [0.1, 0.15) is 5.56 Å². The molecule has 13 heteroatoms. The third-order valence-corrected chi connectivity index (χ3v) is 8.70. The van der Waals surface area contributed by atoms with Crippen LogP contribution < -0.4 is 15.5 Å². The summed E-state index contributed by atoms with van der Waals surface area (Å²) in [6.45, 7) is 4.19. The minimum atomic E-state index is -3.07. The molecule has 204 valence electrons. The molecule has 1 aromatic carbocycles. The van der Waals surface area contributed by atoms with Crippen molar-refractivity contribution in [3.05, 3.63) is 66.1 Å². The number of aromatic nitrogens is 4. The Morgan fingerprint density at radius 3 is 2.38 bits per heavy atom. The number of sulfone groups is 1. The van der Waals surface area contributed by atoms with Crippen LogP contribution in [0, 0.1) is 11.6 Å². The number of nitrogens with one attached hydrogen (secondary N) is 2. The largest absolute Gasteiger partial charge is 0.354 e.